The van der Waals surface area contributed by atoms with Crippen molar-refractivity contribution in [1.82, 2.24) is 5.32 Å². The molecule has 1 rings (SSSR count). The van der Waals surface area contributed by atoms with E-state index in [2.05, 4.69) is 10.6 Å². The maximum Gasteiger partial charge on any atom is 0.253 e. The van der Waals surface area contributed by atoms with Crippen LogP contribution in [0.3, 0.4) is 0 Å². The lowest BCUT2D eigenvalue weighted by atomic mass is 10.1. The van der Waals surface area contributed by atoms with Crippen molar-refractivity contribution in [2.45, 2.75) is 12.2 Å². The Morgan fingerprint density at radius 1 is 1.50 bits per heavy atom. The van der Waals surface area contributed by atoms with Gasteiger partial charge < -0.3 is 10.6 Å². The van der Waals surface area contributed by atoms with Crippen molar-refractivity contribution in [3.05, 3.63) is 29.6 Å². The molecule has 0 saturated heterocycles. The highest BCUT2D eigenvalue weighted by atomic mass is 32.2. The Morgan fingerprint density at radius 3 is 2.72 bits per heavy atom. The SMILES string of the molecule is CNc1c(F)cccc1C(=O)NCC(C)S(C)=O. The van der Waals surface area contributed by atoms with Crippen LogP contribution in [0.15, 0.2) is 18.2 Å². The van der Waals surface area contributed by atoms with E-state index in [4.69, 9.17) is 0 Å². The molecule has 0 fully saturated rings. The number of para-hydroxylation sites is 1. The fraction of sp³-hybridized carbons (Fsp3) is 0.417. The van der Waals surface area contributed by atoms with Gasteiger partial charge in [-0.25, -0.2) is 4.39 Å². The van der Waals surface area contributed by atoms with E-state index >= 15 is 0 Å². The van der Waals surface area contributed by atoms with E-state index in [1.165, 1.54) is 18.2 Å². The molecule has 6 heteroatoms. The number of rotatable bonds is 5. The first-order chi connectivity index (χ1) is 8.47. The standard InChI is InChI=1S/C12H17FN2O2S/c1-8(18(3)17)7-15-12(16)9-5-4-6-10(13)11(9)14-2/h4-6,8,14H,7H2,1-3H3,(H,15,16). The van der Waals surface area contributed by atoms with Crippen LogP contribution in [-0.4, -0.2) is 35.2 Å². The highest BCUT2D eigenvalue weighted by molar-refractivity contribution is 7.84. The van der Waals surface area contributed by atoms with Crippen molar-refractivity contribution in [1.29, 1.82) is 0 Å². The number of anilines is 1. The third-order valence-electron chi connectivity index (χ3n) is 2.62. The molecule has 4 nitrogen and oxygen atoms in total. The Kier molecular flexibility index (Phi) is 5.27. The molecule has 2 atom stereocenters. The second-order valence-corrected chi connectivity index (χ2v) is 5.73. The lowest BCUT2D eigenvalue weighted by Gasteiger charge is -2.12. The van der Waals surface area contributed by atoms with Gasteiger partial charge in [0.2, 0.25) is 0 Å². The van der Waals surface area contributed by atoms with Crippen LogP contribution in [0.25, 0.3) is 0 Å². The van der Waals surface area contributed by atoms with E-state index in [9.17, 15) is 13.4 Å². The van der Waals surface area contributed by atoms with Crippen molar-refractivity contribution in [2.75, 3.05) is 25.2 Å². The number of hydrogen-bond donors (Lipinski definition) is 2. The van der Waals surface area contributed by atoms with Crippen molar-refractivity contribution in [3.63, 3.8) is 0 Å². The van der Waals surface area contributed by atoms with Crippen molar-refractivity contribution >= 4 is 22.4 Å². The molecule has 0 bridgehead atoms. The van der Waals surface area contributed by atoms with Gasteiger partial charge in [-0.2, -0.15) is 0 Å². The third kappa shape index (κ3) is 3.53. The molecule has 100 valence electrons. The van der Waals surface area contributed by atoms with Crippen molar-refractivity contribution in [2.24, 2.45) is 0 Å². The average Bonchev–Trinajstić information content (AvgIpc) is 2.34. The number of halogens is 1. The minimum Gasteiger partial charge on any atom is -0.385 e. The third-order valence-corrected chi connectivity index (χ3v) is 3.92. The van der Waals surface area contributed by atoms with Crippen LogP contribution < -0.4 is 10.6 Å². The highest BCUT2D eigenvalue weighted by Gasteiger charge is 2.15. The lowest BCUT2D eigenvalue weighted by Crippen LogP contribution is -2.33. The molecule has 0 aliphatic rings. The van der Waals surface area contributed by atoms with Crippen LogP contribution in [0.5, 0.6) is 0 Å². The van der Waals surface area contributed by atoms with Crippen molar-refractivity contribution < 1.29 is 13.4 Å². The highest BCUT2D eigenvalue weighted by Crippen LogP contribution is 2.18. The van der Waals surface area contributed by atoms with Gasteiger partial charge in [0.05, 0.1) is 11.3 Å². The number of benzene rings is 1. The average molecular weight is 272 g/mol. The second-order valence-electron chi connectivity index (χ2n) is 3.93. The van der Waals surface area contributed by atoms with E-state index in [1.54, 1.807) is 20.2 Å². The summed E-state index contributed by atoms with van der Waals surface area (Å²) in [6.07, 6.45) is 1.58. The predicted octanol–water partition coefficient (Wildman–Crippen LogP) is 1.36. The first-order valence-corrected chi connectivity index (χ1v) is 7.16. The molecule has 1 aromatic carbocycles. The van der Waals surface area contributed by atoms with Gasteiger partial charge in [0.15, 0.2) is 0 Å². The molecule has 0 aliphatic heterocycles. The van der Waals surface area contributed by atoms with Crippen molar-refractivity contribution in [3.8, 4) is 0 Å². The Bertz CT molecular complexity index is 465. The van der Waals surface area contributed by atoms with Gasteiger partial charge >= 0.3 is 0 Å². The van der Waals surface area contributed by atoms with Gasteiger partial charge in [-0.15, -0.1) is 0 Å². The zero-order valence-corrected chi connectivity index (χ0v) is 11.4. The lowest BCUT2D eigenvalue weighted by molar-refractivity contribution is 0.0954. The number of amides is 1. The van der Waals surface area contributed by atoms with E-state index < -0.39 is 16.6 Å². The molecule has 0 radical (unpaired) electrons. The van der Waals surface area contributed by atoms with Crippen LogP contribution in [0.4, 0.5) is 10.1 Å². The Hall–Kier alpha value is -1.43. The van der Waals surface area contributed by atoms with Crippen LogP contribution in [-0.2, 0) is 10.8 Å². The fourth-order valence-electron chi connectivity index (χ4n) is 1.42. The molecule has 18 heavy (non-hydrogen) atoms. The summed E-state index contributed by atoms with van der Waals surface area (Å²) >= 11 is 0. The largest absolute Gasteiger partial charge is 0.385 e. The number of carbonyl (C=O) groups is 1. The zero-order chi connectivity index (χ0) is 13.7. The fourth-order valence-corrected chi connectivity index (χ4v) is 1.73. The number of carbonyl (C=O) groups excluding carboxylic acids is 1. The van der Waals surface area contributed by atoms with E-state index in [1.807, 2.05) is 0 Å². The van der Waals surface area contributed by atoms with Crippen LogP contribution in [0, 0.1) is 5.82 Å². The quantitative estimate of drug-likeness (QED) is 0.851. The first kappa shape index (κ1) is 14.6. The van der Waals surface area contributed by atoms with E-state index in [0.717, 1.165) is 0 Å². The molecule has 2 N–H and O–H groups in total. The summed E-state index contributed by atoms with van der Waals surface area (Å²) in [7, 11) is 0.555. The molecule has 2 unspecified atom stereocenters. The second kappa shape index (κ2) is 6.49. The molecular formula is C12H17FN2O2S. The summed E-state index contributed by atoms with van der Waals surface area (Å²) in [4.78, 5) is 11.9. The van der Waals surface area contributed by atoms with Gasteiger partial charge in [0.25, 0.3) is 5.91 Å². The maximum absolute atomic E-state index is 13.4. The summed E-state index contributed by atoms with van der Waals surface area (Å²) in [5.41, 5.74) is 0.409. The minimum atomic E-state index is -0.999. The minimum absolute atomic E-state index is 0.138. The monoisotopic (exact) mass is 272 g/mol. The molecule has 0 saturated carbocycles. The van der Waals surface area contributed by atoms with Crippen LogP contribution >= 0.6 is 0 Å². The Balaban J connectivity index is 2.79. The predicted molar refractivity (Wildman–Crippen MR) is 71.8 cm³/mol. The van der Waals surface area contributed by atoms with Gasteiger partial charge in [0.1, 0.15) is 5.82 Å². The van der Waals surface area contributed by atoms with Crippen LogP contribution in [0.1, 0.15) is 17.3 Å². The van der Waals surface area contributed by atoms with E-state index in [0.29, 0.717) is 6.54 Å². The Labute approximate surface area is 108 Å². The zero-order valence-electron chi connectivity index (χ0n) is 10.6. The Morgan fingerprint density at radius 2 is 2.17 bits per heavy atom. The number of hydrogen-bond acceptors (Lipinski definition) is 3. The molecule has 1 amide bonds. The smallest absolute Gasteiger partial charge is 0.253 e. The first-order valence-electron chi connectivity index (χ1n) is 5.54. The van der Waals surface area contributed by atoms with Gasteiger partial charge in [0, 0.05) is 35.9 Å². The van der Waals surface area contributed by atoms with Gasteiger partial charge in [-0.1, -0.05) is 6.07 Å². The van der Waals surface area contributed by atoms with E-state index in [-0.39, 0.29) is 22.4 Å². The van der Waals surface area contributed by atoms with Gasteiger partial charge in [-0.05, 0) is 19.1 Å². The summed E-state index contributed by atoms with van der Waals surface area (Å²) in [5.74, 6) is -0.853. The molecule has 0 spiro atoms. The number of nitrogens with one attached hydrogen (secondary N) is 2. The molecule has 0 heterocycles. The summed E-state index contributed by atoms with van der Waals surface area (Å²) in [6.45, 7) is 2.07. The summed E-state index contributed by atoms with van der Waals surface area (Å²) in [6, 6.07) is 4.30. The molecular weight excluding hydrogens is 255 g/mol. The van der Waals surface area contributed by atoms with Gasteiger partial charge in [-0.3, -0.25) is 9.00 Å². The summed E-state index contributed by atoms with van der Waals surface area (Å²) in [5, 5.41) is 5.16. The maximum atomic E-state index is 13.4. The molecule has 0 aromatic heterocycles. The van der Waals surface area contributed by atoms with Crippen LogP contribution in [0.2, 0.25) is 0 Å². The molecule has 0 aliphatic carbocycles. The summed E-state index contributed by atoms with van der Waals surface area (Å²) < 4.78 is 24.6. The molecule has 1 aromatic rings. The topological polar surface area (TPSA) is 58.2 Å². The normalized spacial score (nSPS) is 13.8.